The van der Waals surface area contributed by atoms with E-state index in [0.29, 0.717) is 0 Å². The van der Waals surface area contributed by atoms with Gasteiger partial charge < -0.3 is 0 Å². The third-order valence-corrected chi connectivity index (χ3v) is 3.17. The summed E-state index contributed by atoms with van der Waals surface area (Å²) in [7, 11) is 0. The minimum absolute atomic E-state index is 0. The summed E-state index contributed by atoms with van der Waals surface area (Å²) in [6.45, 7) is 11.2. The zero-order chi connectivity index (χ0) is 9.35. The summed E-state index contributed by atoms with van der Waals surface area (Å²) in [6, 6.07) is 0. The van der Waals surface area contributed by atoms with E-state index in [1.54, 1.807) is 0 Å². The molecule has 0 N–H and O–H groups in total. The Morgan fingerprint density at radius 2 is 1.77 bits per heavy atom. The summed E-state index contributed by atoms with van der Waals surface area (Å²) in [5, 5.41) is 0. The SMILES string of the molecule is CCCC1(C)[C-]=C(C)C(C)=C1C.[Eu]. The summed E-state index contributed by atoms with van der Waals surface area (Å²) in [6.07, 6.45) is 6.04. The molecule has 0 fully saturated rings. The topological polar surface area (TPSA) is 0 Å². The monoisotopic (exact) mass is 316 g/mol. The third kappa shape index (κ3) is 2.76. The van der Waals surface area contributed by atoms with Crippen molar-refractivity contribution in [2.75, 3.05) is 0 Å². The van der Waals surface area contributed by atoms with Crippen LogP contribution in [0.15, 0.2) is 16.7 Å². The van der Waals surface area contributed by atoms with Crippen LogP contribution < -0.4 is 0 Å². The standard InChI is InChI=1S/C12H19.Eu/c1-6-7-12(5)8-9(2)10(3)11(12)4;/h6-7H2,1-5H3;/q-1;. The van der Waals surface area contributed by atoms with Gasteiger partial charge >= 0.3 is 0 Å². The summed E-state index contributed by atoms with van der Waals surface area (Å²) < 4.78 is 0. The summed E-state index contributed by atoms with van der Waals surface area (Å²) in [5.41, 5.74) is 4.55. The van der Waals surface area contributed by atoms with Gasteiger partial charge in [0.2, 0.25) is 0 Å². The molecule has 1 atom stereocenters. The van der Waals surface area contributed by atoms with Gasteiger partial charge in [-0.3, -0.25) is 6.08 Å². The van der Waals surface area contributed by atoms with Crippen molar-refractivity contribution in [3.8, 4) is 0 Å². The first-order valence-corrected chi connectivity index (χ1v) is 4.81. The maximum Gasteiger partial charge on any atom is 0 e. The Labute approximate surface area is 123 Å². The van der Waals surface area contributed by atoms with Crippen molar-refractivity contribution in [1.29, 1.82) is 0 Å². The van der Waals surface area contributed by atoms with Crippen molar-refractivity contribution in [1.82, 2.24) is 0 Å². The average Bonchev–Trinajstić information content (AvgIpc) is 2.17. The number of hydrogen-bond acceptors (Lipinski definition) is 0. The minimum Gasteiger partial charge on any atom is -0.263 e. The van der Waals surface area contributed by atoms with Gasteiger partial charge in [0, 0.05) is 49.4 Å². The zero-order valence-corrected chi connectivity index (χ0v) is 11.7. The normalized spacial score (nSPS) is 27.3. The van der Waals surface area contributed by atoms with Crippen LogP contribution in [0.5, 0.6) is 0 Å². The molecule has 0 bridgehead atoms. The molecule has 0 saturated heterocycles. The molecule has 0 amide bonds. The van der Waals surface area contributed by atoms with Crippen molar-refractivity contribution >= 4 is 0 Å². The van der Waals surface area contributed by atoms with Crippen molar-refractivity contribution in [3.05, 3.63) is 22.8 Å². The van der Waals surface area contributed by atoms with Crippen LogP contribution in [-0.2, 0) is 0 Å². The summed E-state index contributed by atoms with van der Waals surface area (Å²) in [5.74, 6) is 0. The van der Waals surface area contributed by atoms with E-state index in [-0.39, 0.29) is 54.8 Å². The van der Waals surface area contributed by atoms with Gasteiger partial charge in [-0.25, -0.2) is 5.57 Å². The number of hydrogen-bond donors (Lipinski definition) is 0. The van der Waals surface area contributed by atoms with Crippen molar-refractivity contribution in [2.45, 2.75) is 47.5 Å². The number of rotatable bonds is 2. The van der Waals surface area contributed by atoms with E-state index in [0.717, 1.165) is 0 Å². The molecule has 0 nitrogen and oxygen atoms in total. The molecule has 1 radical (unpaired) electrons. The maximum atomic E-state index is 3.57. The van der Waals surface area contributed by atoms with Gasteiger partial charge in [0.15, 0.2) is 0 Å². The van der Waals surface area contributed by atoms with Crippen LogP contribution in [0, 0.1) is 60.9 Å². The molecule has 1 heteroatoms. The molecule has 75 valence electrons. The van der Waals surface area contributed by atoms with Gasteiger partial charge in [-0.2, -0.15) is 11.1 Å². The fourth-order valence-corrected chi connectivity index (χ4v) is 2.05. The van der Waals surface area contributed by atoms with Crippen molar-refractivity contribution < 1.29 is 49.4 Å². The smallest absolute Gasteiger partial charge is 0 e. The minimum atomic E-state index is 0. The fraction of sp³-hybridized carbons (Fsp3) is 0.667. The Morgan fingerprint density at radius 1 is 1.23 bits per heavy atom. The molecule has 1 unspecified atom stereocenters. The van der Waals surface area contributed by atoms with E-state index in [4.69, 9.17) is 0 Å². The molecule has 0 heterocycles. The van der Waals surface area contributed by atoms with Gasteiger partial charge in [-0.15, -0.1) is 6.92 Å². The largest absolute Gasteiger partial charge is 0.263 e. The van der Waals surface area contributed by atoms with Gasteiger partial charge in [0.1, 0.15) is 0 Å². The maximum absolute atomic E-state index is 3.57. The second-order valence-electron chi connectivity index (χ2n) is 4.08. The Kier molecular flexibility index (Phi) is 5.66. The molecule has 13 heavy (non-hydrogen) atoms. The van der Waals surface area contributed by atoms with Gasteiger partial charge in [0.05, 0.1) is 0 Å². The molecule has 0 aromatic carbocycles. The van der Waals surface area contributed by atoms with E-state index in [1.165, 1.54) is 29.6 Å². The molecule has 0 spiro atoms. The van der Waals surface area contributed by atoms with E-state index >= 15 is 0 Å². The number of allylic oxidation sites excluding steroid dienone is 4. The van der Waals surface area contributed by atoms with Crippen LogP contribution in [0.25, 0.3) is 0 Å². The van der Waals surface area contributed by atoms with E-state index < -0.39 is 0 Å². The predicted molar refractivity (Wildman–Crippen MR) is 53.8 cm³/mol. The van der Waals surface area contributed by atoms with E-state index in [9.17, 15) is 0 Å². The third-order valence-electron chi connectivity index (χ3n) is 3.17. The van der Waals surface area contributed by atoms with Crippen LogP contribution in [-0.4, -0.2) is 0 Å². The second kappa shape index (κ2) is 5.23. The molecule has 0 aromatic heterocycles. The summed E-state index contributed by atoms with van der Waals surface area (Å²) in [4.78, 5) is 0. The molecule has 1 rings (SSSR count). The molecule has 1 aliphatic carbocycles. The molecule has 1 aliphatic rings. The van der Waals surface area contributed by atoms with Crippen LogP contribution in [0.1, 0.15) is 47.5 Å². The van der Waals surface area contributed by atoms with Gasteiger partial charge in [-0.1, -0.05) is 46.0 Å². The first-order valence-electron chi connectivity index (χ1n) is 4.81. The Morgan fingerprint density at radius 3 is 2.08 bits per heavy atom. The summed E-state index contributed by atoms with van der Waals surface area (Å²) >= 11 is 0. The Balaban J connectivity index is 0.00000144. The second-order valence-corrected chi connectivity index (χ2v) is 4.08. The first-order chi connectivity index (χ1) is 5.51. The Hall–Kier alpha value is 1.06. The van der Waals surface area contributed by atoms with Crippen LogP contribution in [0.4, 0.5) is 0 Å². The van der Waals surface area contributed by atoms with Crippen LogP contribution >= 0.6 is 0 Å². The molecular formula is C12H19Eu-. The van der Waals surface area contributed by atoms with E-state index in [1.807, 2.05) is 0 Å². The molecule has 0 aliphatic heterocycles. The van der Waals surface area contributed by atoms with Crippen LogP contribution in [0.3, 0.4) is 0 Å². The zero-order valence-electron chi connectivity index (χ0n) is 9.29. The average molecular weight is 315 g/mol. The van der Waals surface area contributed by atoms with Gasteiger partial charge in [0.25, 0.3) is 0 Å². The van der Waals surface area contributed by atoms with Crippen molar-refractivity contribution in [3.63, 3.8) is 0 Å². The van der Waals surface area contributed by atoms with Crippen molar-refractivity contribution in [2.24, 2.45) is 5.41 Å². The Bertz CT molecular complexity index is 248. The molecule has 0 saturated carbocycles. The molecular weight excluding hydrogens is 296 g/mol. The van der Waals surface area contributed by atoms with Crippen LogP contribution in [0.2, 0.25) is 0 Å². The van der Waals surface area contributed by atoms with Gasteiger partial charge in [-0.05, 0) is 0 Å². The predicted octanol–water partition coefficient (Wildman–Crippen LogP) is 3.89. The molecule has 0 aromatic rings. The fourth-order valence-electron chi connectivity index (χ4n) is 2.05. The first kappa shape index (κ1) is 14.1. The van der Waals surface area contributed by atoms with E-state index in [2.05, 4.69) is 40.7 Å². The quantitative estimate of drug-likeness (QED) is 0.678.